The molecule has 0 bridgehead atoms. The highest BCUT2D eigenvalue weighted by atomic mass is 16.5. The fraction of sp³-hybridized carbons (Fsp3) is 0.118. The number of benzene rings is 2. The lowest BCUT2D eigenvalue weighted by atomic mass is 10.1. The molecule has 0 fully saturated rings. The molecular formula is C17H15N3O2. The molecule has 5 nitrogen and oxygen atoms in total. The van der Waals surface area contributed by atoms with Crippen LogP contribution in [0.2, 0.25) is 0 Å². The van der Waals surface area contributed by atoms with Crippen molar-refractivity contribution in [1.82, 2.24) is 15.2 Å². The quantitative estimate of drug-likeness (QED) is 0.802. The zero-order chi connectivity index (χ0) is 15.4. The van der Waals surface area contributed by atoms with E-state index in [1.165, 1.54) is 0 Å². The maximum absolute atomic E-state index is 11.9. The molecule has 1 N–H and O–H groups in total. The highest BCUT2D eigenvalue weighted by molar-refractivity contribution is 5.53. The fourth-order valence-corrected chi connectivity index (χ4v) is 2.14. The van der Waals surface area contributed by atoms with Gasteiger partial charge in [-0.2, -0.15) is 5.10 Å². The molecule has 0 saturated carbocycles. The van der Waals surface area contributed by atoms with Crippen molar-refractivity contribution in [2.75, 3.05) is 7.11 Å². The van der Waals surface area contributed by atoms with Crippen molar-refractivity contribution in [2.45, 2.75) is 6.42 Å². The van der Waals surface area contributed by atoms with Crippen molar-refractivity contribution in [3.63, 3.8) is 0 Å². The third-order valence-corrected chi connectivity index (χ3v) is 3.33. The first kappa shape index (κ1) is 14.0. The third-order valence-electron chi connectivity index (χ3n) is 3.33. The summed E-state index contributed by atoms with van der Waals surface area (Å²) in [7, 11) is 1.62. The molecule has 3 rings (SSSR count). The largest absolute Gasteiger partial charge is 0.497 e. The van der Waals surface area contributed by atoms with Gasteiger partial charge in [-0.1, -0.05) is 42.5 Å². The summed E-state index contributed by atoms with van der Waals surface area (Å²) in [4.78, 5) is 16.3. The van der Waals surface area contributed by atoms with Crippen molar-refractivity contribution in [3.8, 4) is 17.1 Å². The van der Waals surface area contributed by atoms with Crippen LogP contribution in [-0.4, -0.2) is 22.3 Å². The van der Waals surface area contributed by atoms with Crippen molar-refractivity contribution < 1.29 is 4.74 Å². The molecule has 1 heterocycles. The summed E-state index contributed by atoms with van der Waals surface area (Å²) in [5.41, 5.74) is 2.04. The number of nitrogens with one attached hydrogen (secondary N) is 1. The van der Waals surface area contributed by atoms with E-state index in [-0.39, 0.29) is 5.56 Å². The first-order valence-corrected chi connectivity index (χ1v) is 6.90. The number of rotatable bonds is 4. The van der Waals surface area contributed by atoms with Gasteiger partial charge < -0.3 is 4.74 Å². The Morgan fingerprint density at radius 3 is 2.45 bits per heavy atom. The highest BCUT2D eigenvalue weighted by Crippen LogP contribution is 2.15. The van der Waals surface area contributed by atoms with Gasteiger partial charge in [0.15, 0.2) is 5.82 Å². The molecule has 110 valence electrons. The van der Waals surface area contributed by atoms with Gasteiger partial charge in [0.25, 0.3) is 5.56 Å². The van der Waals surface area contributed by atoms with E-state index in [9.17, 15) is 4.79 Å². The van der Waals surface area contributed by atoms with E-state index in [0.717, 1.165) is 16.9 Å². The minimum Gasteiger partial charge on any atom is -0.497 e. The SMILES string of the molecule is COc1ccc(Cc2nc(-c3ccccc3)n[nH]c2=O)cc1. The van der Waals surface area contributed by atoms with Crippen LogP contribution in [0.1, 0.15) is 11.3 Å². The van der Waals surface area contributed by atoms with Crippen LogP contribution in [0.25, 0.3) is 11.4 Å². The van der Waals surface area contributed by atoms with E-state index in [4.69, 9.17) is 4.74 Å². The minimum absolute atomic E-state index is 0.268. The van der Waals surface area contributed by atoms with Crippen molar-refractivity contribution in [3.05, 3.63) is 76.2 Å². The Labute approximate surface area is 127 Å². The van der Waals surface area contributed by atoms with Gasteiger partial charge in [0.1, 0.15) is 11.4 Å². The zero-order valence-electron chi connectivity index (χ0n) is 12.1. The Morgan fingerprint density at radius 2 is 1.77 bits per heavy atom. The summed E-state index contributed by atoms with van der Waals surface area (Å²) in [5, 5.41) is 6.53. The molecular weight excluding hydrogens is 278 g/mol. The summed E-state index contributed by atoms with van der Waals surface area (Å²) < 4.78 is 5.13. The monoisotopic (exact) mass is 293 g/mol. The number of nitrogens with zero attached hydrogens (tertiary/aromatic N) is 2. The van der Waals surface area contributed by atoms with Gasteiger partial charge in [0, 0.05) is 12.0 Å². The van der Waals surface area contributed by atoms with E-state index in [1.54, 1.807) is 7.11 Å². The van der Waals surface area contributed by atoms with Gasteiger partial charge in [0.2, 0.25) is 0 Å². The molecule has 0 amide bonds. The van der Waals surface area contributed by atoms with Crippen LogP contribution in [0.15, 0.2) is 59.4 Å². The average molecular weight is 293 g/mol. The van der Waals surface area contributed by atoms with Crippen LogP contribution in [-0.2, 0) is 6.42 Å². The number of H-pyrrole nitrogens is 1. The normalized spacial score (nSPS) is 10.4. The first-order valence-electron chi connectivity index (χ1n) is 6.90. The van der Waals surface area contributed by atoms with E-state index >= 15 is 0 Å². The lowest BCUT2D eigenvalue weighted by molar-refractivity contribution is 0.414. The minimum atomic E-state index is -0.268. The summed E-state index contributed by atoms with van der Waals surface area (Å²) in [6.07, 6.45) is 0.446. The molecule has 1 aromatic heterocycles. The summed E-state index contributed by atoms with van der Waals surface area (Å²) in [6.45, 7) is 0. The number of hydrogen-bond acceptors (Lipinski definition) is 4. The van der Waals surface area contributed by atoms with Crippen LogP contribution in [0, 0.1) is 0 Å². The smallest absolute Gasteiger partial charge is 0.286 e. The average Bonchev–Trinajstić information content (AvgIpc) is 2.58. The third kappa shape index (κ3) is 3.03. The van der Waals surface area contributed by atoms with Gasteiger partial charge in [-0.3, -0.25) is 4.79 Å². The number of hydrogen-bond donors (Lipinski definition) is 1. The van der Waals surface area contributed by atoms with E-state index in [0.29, 0.717) is 17.9 Å². The van der Waals surface area contributed by atoms with Crippen LogP contribution in [0.4, 0.5) is 0 Å². The van der Waals surface area contributed by atoms with Crippen molar-refractivity contribution >= 4 is 0 Å². The predicted molar refractivity (Wildman–Crippen MR) is 83.9 cm³/mol. The Bertz CT molecular complexity index is 811. The topological polar surface area (TPSA) is 67.9 Å². The molecule has 0 aliphatic rings. The highest BCUT2D eigenvalue weighted by Gasteiger charge is 2.08. The molecule has 0 unspecified atom stereocenters. The van der Waals surface area contributed by atoms with E-state index < -0.39 is 0 Å². The summed E-state index contributed by atoms with van der Waals surface area (Å²) in [6, 6.07) is 17.1. The van der Waals surface area contributed by atoms with Gasteiger partial charge in [0.05, 0.1) is 7.11 Å². The van der Waals surface area contributed by atoms with Crippen LogP contribution >= 0.6 is 0 Å². The maximum atomic E-state index is 11.9. The molecule has 0 spiro atoms. The number of aromatic nitrogens is 3. The second-order valence-corrected chi connectivity index (χ2v) is 4.83. The van der Waals surface area contributed by atoms with Gasteiger partial charge >= 0.3 is 0 Å². The fourth-order valence-electron chi connectivity index (χ4n) is 2.14. The van der Waals surface area contributed by atoms with Crippen molar-refractivity contribution in [1.29, 1.82) is 0 Å². The zero-order valence-corrected chi connectivity index (χ0v) is 12.1. The van der Waals surface area contributed by atoms with Gasteiger partial charge in [-0.25, -0.2) is 10.1 Å². The Balaban J connectivity index is 1.91. The molecule has 0 aliphatic carbocycles. The molecule has 3 aromatic rings. The Kier molecular flexibility index (Phi) is 3.96. The lowest BCUT2D eigenvalue weighted by Crippen LogP contribution is -2.18. The summed E-state index contributed by atoms with van der Waals surface area (Å²) in [5.74, 6) is 1.30. The van der Waals surface area contributed by atoms with Crippen molar-refractivity contribution in [2.24, 2.45) is 0 Å². The maximum Gasteiger partial charge on any atom is 0.286 e. The van der Waals surface area contributed by atoms with Crippen LogP contribution in [0.3, 0.4) is 0 Å². The van der Waals surface area contributed by atoms with E-state index in [2.05, 4.69) is 15.2 Å². The molecule has 2 aromatic carbocycles. The lowest BCUT2D eigenvalue weighted by Gasteiger charge is -2.04. The first-order chi connectivity index (χ1) is 10.8. The molecule has 0 radical (unpaired) electrons. The van der Waals surface area contributed by atoms with Gasteiger partial charge in [-0.15, -0.1) is 0 Å². The molecule has 0 saturated heterocycles. The summed E-state index contributed by atoms with van der Waals surface area (Å²) >= 11 is 0. The Morgan fingerprint density at radius 1 is 1.05 bits per heavy atom. The predicted octanol–water partition coefficient (Wildman–Crippen LogP) is 2.43. The second-order valence-electron chi connectivity index (χ2n) is 4.83. The number of ether oxygens (including phenoxy) is 1. The van der Waals surface area contributed by atoms with E-state index in [1.807, 2.05) is 54.6 Å². The van der Waals surface area contributed by atoms with Crippen LogP contribution < -0.4 is 10.3 Å². The van der Waals surface area contributed by atoms with Crippen LogP contribution in [0.5, 0.6) is 5.75 Å². The number of methoxy groups -OCH3 is 1. The molecule has 0 atom stereocenters. The molecule has 5 heteroatoms. The second kappa shape index (κ2) is 6.22. The number of aromatic amines is 1. The van der Waals surface area contributed by atoms with Gasteiger partial charge in [-0.05, 0) is 17.7 Å². The molecule has 22 heavy (non-hydrogen) atoms. The molecule has 0 aliphatic heterocycles. The standard InChI is InChI=1S/C17H15N3O2/c1-22-14-9-7-12(8-10-14)11-15-17(21)20-19-16(18-15)13-5-3-2-4-6-13/h2-10H,11H2,1H3,(H,20,21). The Hall–Kier alpha value is -2.95.